The molecule has 3 heteroatoms. The van der Waals surface area contributed by atoms with E-state index in [1.807, 2.05) is 17.9 Å². The van der Waals surface area contributed by atoms with Crippen LogP contribution in [0.3, 0.4) is 0 Å². The van der Waals surface area contributed by atoms with Gasteiger partial charge in [0.25, 0.3) is 0 Å². The summed E-state index contributed by atoms with van der Waals surface area (Å²) in [5, 5.41) is 3.49. The molecule has 1 unspecified atom stereocenters. The highest BCUT2D eigenvalue weighted by atomic mass is 15.1. The molecule has 1 aromatic heterocycles. The molecule has 0 radical (unpaired) electrons. The number of imidazole rings is 1. The van der Waals surface area contributed by atoms with Crippen LogP contribution in [-0.4, -0.2) is 16.1 Å². The lowest BCUT2D eigenvalue weighted by Crippen LogP contribution is -2.55. The van der Waals surface area contributed by atoms with Crippen molar-refractivity contribution >= 4 is 0 Å². The first-order chi connectivity index (χ1) is 6.72. The van der Waals surface area contributed by atoms with Gasteiger partial charge in [-0.3, -0.25) is 0 Å². The molecule has 0 amide bonds. The van der Waals surface area contributed by atoms with E-state index in [-0.39, 0.29) is 0 Å². The second-order valence-electron chi connectivity index (χ2n) is 4.35. The standard InChI is InChI=1S/C11H19N3/c1-4-11(5-2)7-12-10(11)9-6-14(3)8-13-9/h6,8,10,12H,4-5,7H2,1-3H3. The van der Waals surface area contributed by atoms with Crippen molar-refractivity contribution in [2.45, 2.75) is 32.7 Å². The predicted molar refractivity (Wildman–Crippen MR) is 57.0 cm³/mol. The second-order valence-corrected chi connectivity index (χ2v) is 4.35. The smallest absolute Gasteiger partial charge is 0.0947 e. The van der Waals surface area contributed by atoms with Crippen LogP contribution in [0, 0.1) is 5.41 Å². The van der Waals surface area contributed by atoms with Crippen molar-refractivity contribution in [2.24, 2.45) is 12.5 Å². The molecule has 0 aromatic carbocycles. The van der Waals surface area contributed by atoms with E-state index in [0.717, 1.165) is 6.54 Å². The maximum absolute atomic E-state index is 4.43. The number of nitrogens with one attached hydrogen (secondary N) is 1. The van der Waals surface area contributed by atoms with Crippen LogP contribution in [0.1, 0.15) is 38.4 Å². The average Bonchev–Trinajstić information content (AvgIpc) is 2.53. The normalized spacial score (nSPS) is 24.6. The van der Waals surface area contributed by atoms with Crippen LogP contribution < -0.4 is 5.32 Å². The molecule has 0 bridgehead atoms. The van der Waals surface area contributed by atoms with E-state index in [1.165, 1.54) is 18.5 Å². The zero-order valence-electron chi connectivity index (χ0n) is 9.25. The second kappa shape index (κ2) is 3.39. The van der Waals surface area contributed by atoms with Gasteiger partial charge in [-0.2, -0.15) is 0 Å². The van der Waals surface area contributed by atoms with Crippen molar-refractivity contribution in [3.05, 3.63) is 18.2 Å². The Morgan fingerprint density at radius 3 is 2.64 bits per heavy atom. The first kappa shape index (κ1) is 9.71. The Labute approximate surface area is 85.5 Å². The summed E-state index contributed by atoms with van der Waals surface area (Å²) in [4.78, 5) is 4.43. The molecule has 0 saturated carbocycles. The topological polar surface area (TPSA) is 29.9 Å². The van der Waals surface area contributed by atoms with Gasteiger partial charge in [0.05, 0.1) is 18.1 Å². The SMILES string of the molecule is CCC1(CC)CNC1c1cn(C)cn1. The average molecular weight is 193 g/mol. The number of hydrogen-bond donors (Lipinski definition) is 1. The van der Waals surface area contributed by atoms with Gasteiger partial charge in [-0.25, -0.2) is 4.98 Å². The number of rotatable bonds is 3. The fraction of sp³-hybridized carbons (Fsp3) is 0.727. The van der Waals surface area contributed by atoms with Gasteiger partial charge in [0.2, 0.25) is 0 Å². The number of aryl methyl sites for hydroxylation is 1. The van der Waals surface area contributed by atoms with Gasteiger partial charge in [-0.15, -0.1) is 0 Å². The molecule has 2 rings (SSSR count). The van der Waals surface area contributed by atoms with Gasteiger partial charge >= 0.3 is 0 Å². The molecule has 1 fully saturated rings. The third-order valence-corrected chi connectivity index (χ3v) is 3.70. The van der Waals surface area contributed by atoms with Gasteiger partial charge in [-0.05, 0) is 12.8 Å². The van der Waals surface area contributed by atoms with Crippen molar-refractivity contribution in [3.8, 4) is 0 Å². The molecule has 1 atom stereocenters. The van der Waals surface area contributed by atoms with Crippen molar-refractivity contribution < 1.29 is 0 Å². The molecule has 1 aromatic rings. The Bertz CT molecular complexity index is 307. The Hall–Kier alpha value is -0.830. The van der Waals surface area contributed by atoms with Crippen LogP contribution in [0.4, 0.5) is 0 Å². The van der Waals surface area contributed by atoms with Gasteiger partial charge in [-0.1, -0.05) is 13.8 Å². The van der Waals surface area contributed by atoms with Crippen LogP contribution in [0.15, 0.2) is 12.5 Å². The van der Waals surface area contributed by atoms with Crippen molar-refractivity contribution in [3.63, 3.8) is 0 Å². The Kier molecular flexibility index (Phi) is 2.35. The Morgan fingerprint density at radius 2 is 2.29 bits per heavy atom. The molecular weight excluding hydrogens is 174 g/mol. The molecule has 0 aliphatic carbocycles. The summed E-state index contributed by atoms with van der Waals surface area (Å²) in [5.74, 6) is 0. The third kappa shape index (κ3) is 1.27. The predicted octanol–water partition coefficient (Wildman–Crippen LogP) is 1.87. The first-order valence-electron chi connectivity index (χ1n) is 5.43. The van der Waals surface area contributed by atoms with Crippen LogP contribution in [0.2, 0.25) is 0 Å². The lowest BCUT2D eigenvalue weighted by molar-refractivity contribution is 0.0682. The highest BCUT2D eigenvalue weighted by Crippen LogP contribution is 2.45. The molecule has 78 valence electrons. The van der Waals surface area contributed by atoms with Gasteiger partial charge in [0.1, 0.15) is 0 Å². The molecule has 1 N–H and O–H groups in total. The number of aromatic nitrogens is 2. The molecule has 2 heterocycles. The minimum atomic E-state index is 0.453. The van der Waals surface area contributed by atoms with E-state index in [2.05, 4.69) is 30.3 Å². The fourth-order valence-electron chi connectivity index (χ4n) is 2.40. The minimum Gasteiger partial charge on any atom is -0.340 e. The minimum absolute atomic E-state index is 0.453. The summed E-state index contributed by atoms with van der Waals surface area (Å²) >= 11 is 0. The lowest BCUT2D eigenvalue weighted by atomic mass is 9.68. The highest BCUT2D eigenvalue weighted by Gasteiger charge is 2.45. The summed E-state index contributed by atoms with van der Waals surface area (Å²) in [6.07, 6.45) is 6.47. The van der Waals surface area contributed by atoms with Gasteiger partial charge in [0.15, 0.2) is 0 Å². The largest absolute Gasteiger partial charge is 0.340 e. The molecule has 0 spiro atoms. The van der Waals surface area contributed by atoms with Crippen molar-refractivity contribution in [1.29, 1.82) is 0 Å². The monoisotopic (exact) mass is 193 g/mol. The summed E-state index contributed by atoms with van der Waals surface area (Å²) in [6, 6.07) is 0.471. The molecular formula is C11H19N3. The van der Waals surface area contributed by atoms with Crippen molar-refractivity contribution in [2.75, 3.05) is 6.54 Å². The quantitative estimate of drug-likeness (QED) is 0.794. The van der Waals surface area contributed by atoms with E-state index in [4.69, 9.17) is 0 Å². The van der Waals surface area contributed by atoms with E-state index in [0.29, 0.717) is 11.5 Å². The molecule has 1 aliphatic rings. The van der Waals surface area contributed by atoms with E-state index in [1.54, 1.807) is 0 Å². The Morgan fingerprint density at radius 1 is 1.57 bits per heavy atom. The number of hydrogen-bond acceptors (Lipinski definition) is 2. The summed E-state index contributed by atoms with van der Waals surface area (Å²) in [6.45, 7) is 5.70. The maximum atomic E-state index is 4.43. The maximum Gasteiger partial charge on any atom is 0.0947 e. The Balaban J connectivity index is 2.20. The molecule has 14 heavy (non-hydrogen) atoms. The summed E-state index contributed by atoms with van der Waals surface area (Å²) in [5.41, 5.74) is 1.65. The summed E-state index contributed by atoms with van der Waals surface area (Å²) in [7, 11) is 2.02. The zero-order chi connectivity index (χ0) is 10.2. The molecule has 1 saturated heterocycles. The van der Waals surface area contributed by atoms with Gasteiger partial charge < -0.3 is 9.88 Å². The van der Waals surface area contributed by atoms with E-state index in [9.17, 15) is 0 Å². The van der Waals surface area contributed by atoms with Crippen molar-refractivity contribution in [1.82, 2.24) is 14.9 Å². The summed E-state index contributed by atoms with van der Waals surface area (Å²) < 4.78 is 2.02. The third-order valence-electron chi connectivity index (χ3n) is 3.70. The van der Waals surface area contributed by atoms with Crippen LogP contribution in [-0.2, 0) is 7.05 Å². The lowest BCUT2D eigenvalue weighted by Gasteiger charge is -2.49. The van der Waals surface area contributed by atoms with Gasteiger partial charge in [0, 0.05) is 25.2 Å². The van der Waals surface area contributed by atoms with Crippen LogP contribution in [0.5, 0.6) is 0 Å². The first-order valence-corrected chi connectivity index (χ1v) is 5.43. The van der Waals surface area contributed by atoms with Crippen LogP contribution in [0.25, 0.3) is 0 Å². The highest BCUT2D eigenvalue weighted by molar-refractivity contribution is 5.15. The molecule has 3 nitrogen and oxygen atoms in total. The van der Waals surface area contributed by atoms with E-state index < -0.39 is 0 Å². The molecule has 1 aliphatic heterocycles. The van der Waals surface area contributed by atoms with E-state index >= 15 is 0 Å². The van der Waals surface area contributed by atoms with Crippen LogP contribution >= 0.6 is 0 Å². The zero-order valence-corrected chi connectivity index (χ0v) is 9.25. The number of nitrogens with zero attached hydrogens (tertiary/aromatic N) is 2. The fourth-order valence-corrected chi connectivity index (χ4v) is 2.40.